The van der Waals surface area contributed by atoms with Gasteiger partial charge in [0.05, 0.1) is 0 Å². The standard InChI is InChI=1S/C6H2ClIN2S/c7-6-9-3-1-5(10-6)2-4-11-8/h1,3H. The molecule has 2 nitrogen and oxygen atoms in total. The zero-order chi connectivity index (χ0) is 8.10. The van der Waals surface area contributed by atoms with Crippen molar-refractivity contribution in [3.63, 3.8) is 0 Å². The van der Waals surface area contributed by atoms with E-state index >= 15 is 0 Å². The maximum Gasteiger partial charge on any atom is 0.223 e. The molecule has 0 fully saturated rings. The van der Waals surface area contributed by atoms with Crippen LogP contribution in [0.3, 0.4) is 0 Å². The molecule has 1 heterocycles. The van der Waals surface area contributed by atoms with E-state index in [0.29, 0.717) is 5.69 Å². The molecule has 0 unspecified atom stereocenters. The Morgan fingerprint density at radius 3 is 3.09 bits per heavy atom. The second-order valence-corrected chi connectivity index (χ2v) is 3.53. The normalized spacial score (nSPS) is 8.55. The van der Waals surface area contributed by atoms with E-state index in [-0.39, 0.29) is 5.28 Å². The molecule has 0 N–H and O–H groups in total. The van der Waals surface area contributed by atoms with Crippen molar-refractivity contribution in [2.45, 2.75) is 0 Å². The van der Waals surface area contributed by atoms with Crippen LogP contribution in [0.25, 0.3) is 0 Å². The minimum absolute atomic E-state index is 0.232. The molecular weight excluding hydrogens is 295 g/mol. The molecule has 5 heteroatoms. The number of hydrogen-bond donors (Lipinski definition) is 0. The zero-order valence-corrected chi connectivity index (χ0v) is 8.94. The minimum atomic E-state index is 0.232. The summed E-state index contributed by atoms with van der Waals surface area (Å²) in [5.74, 6) is 2.81. The summed E-state index contributed by atoms with van der Waals surface area (Å²) in [5, 5.41) is 3.03. The van der Waals surface area contributed by atoms with Crippen molar-refractivity contribution in [2.24, 2.45) is 0 Å². The van der Waals surface area contributed by atoms with Crippen LogP contribution in [0.15, 0.2) is 12.3 Å². The molecule has 56 valence electrons. The van der Waals surface area contributed by atoms with Gasteiger partial charge in [-0.1, -0.05) is 0 Å². The van der Waals surface area contributed by atoms with Crippen molar-refractivity contribution in [3.8, 4) is 11.2 Å². The van der Waals surface area contributed by atoms with Gasteiger partial charge in [-0.25, -0.2) is 9.97 Å². The van der Waals surface area contributed by atoms with Crippen LogP contribution in [0.5, 0.6) is 0 Å². The average Bonchev–Trinajstić information content (AvgIpc) is 2.01. The highest BCUT2D eigenvalue weighted by Gasteiger charge is 1.90. The fourth-order valence-electron chi connectivity index (χ4n) is 0.476. The lowest BCUT2D eigenvalue weighted by Gasteiger charge is -1.87. The van der Waals surface area contributed by atoms with Crippen LogP contribution < -0.4 is 0 Å². The van der Waals surface area contributed by atoms with Crippen molar-refractivity contribution in [1.82, 2.24) is 9.97 Å². The smallest absolute Gasteiger partial charge is 0.223 e. The third-order valence-corrected chi connectivity index (χ3v) is 1.87. The lowest BCUT2D eigenvalue weighted by atomic mass is 10.4. The number of aromatic nitrogens is 2. The van der Waals surface area contributed by atoms with Gasteiger partial charge in [-0.2, -0.15) is 0 Å². The zero-order valence-electron chi connectivity index (χ0n) is 5.21. The third-order valence-electron chi connectivity index (χ3n) is 0.844. The maximum absolute atomic E-state index is 5.53. The van der Waals surface area contributed by atoms with Gasteiger partial charge >= 0.3 is 0 Å². The number of rotatable bonds is 0. The Bertz CT molecular complexity index is 307. The van der Waals surface area contributed by atoms with Gasteiger partial charge in [0.15, 0.2) is 0 Å². The van der Waals surface area contributed by atoms with E-state index in [0.717, 1.165) is 0 Å². The van der Waals surface area contributed by atoms with Gasteiger partial charge in [0, 0.05) is 27.4 Å². The number of nitrogens with zero attached hydrogens (tertiary/aromatic N) is 2. The van der Waals surface area contributed by atoms with E-state index < -0.39 is 0 Å². The summed E-state index contributed by atoms with van der Waals surface area (Å²) >= 11 is 7.61. The van der Waals surface area contributed by atoms with Crippen LogP contribution in [0.1, 0.15) is 5.69 Å². The molecule has 0 aromatic carbocycles. The molecule has 0 saturated heterocycles. The van der Waals surface area contributed by atoms with E-state index in [2.05, 4.69) is 42.3 Å². The van der Waals surface area contributed by atoms with E-state index in [9.17, 15) is 0 Å². The Balaban J connectivity index is 2.87. The van der Waals surface area contributed by atoms with Gasteiger partial charge < -0.3 is 0 Å². The third kappa shape index (κ3) is 3.27. The Kier molecular flexibility index (Phi) is 3.97. The average molecular weight is 297 g/mol. The number of hydrogen-bond acceptors (Lipinski definition) is 3. The molecule has 0 atom stereocenters. The fourth-order valence-corrected chi connectivity index (χ4v) is 1.10. The van der Waals surface area contributed by atoms with Crippen LogP contribution in [-0.2, 0) is 0 Å². The second-order valence-electron chi connectivity index (χ2n) is 1.52. The summed E-state index contributed by atoms with van der Waals surface area (Å²) in [6, 6.07) is 1.71. The van der Waals surface area contributed by atoms with Gasteiger partial charge in [-0.05, 0) is 37.8 Å². The highest BCUT2D eigenvalue weighted by molar-refractivity contribution is 14.2. The predicted octanol–water partition coefficient (Wildman–Crippen LogP) is 2.52. The predicted molar refractivity (Wildman–Crippen MR) is 55.5 cm³/mol. The van der Waals surface area contributed by atoms with Crippen molar-refractivity contribution >= 4 is 41.7 Å². The first kappa shape index (κ1) is 9.10. The summed E-state index contributed by atoms with van der Waals surface area (Å²) in [5.41, 5.74) is 0.647. The Morgan fingerprint density at radius 1 is 1.64 bits per heavy atom. The van der Waals surface area contributed by atoms with Crippen molar-refractivity contribution in [3.05, 3.63) is 23.2 Å². The molecule has 0 aliphatic carbocycles. The SMILES string of the molecule is Clc1nccc(C#CSI)n1. The molecule has 1 rings (SSSR count). The topological polar surface area (TPSA) is 25.8 Å². The van der Waals surface area contributed by atoms with Gasteiger partial charge in [0.1, 0.15) is 5.69 Å². The van der Waals surface area contributed by atoms with E-state index in [1.165, 1.54) is 8.93 Å². The molecule has 1 aromatic heterocycles. The van der Waals surface area contributed by atoms with Crippen LogP contribution in [-0.4, -0.2) is 9.97 Å². The first-order valence-corrected chi connectivity index (χ1v) is 6.34. The summed E-state index contributed by atoms with van der Waals surface area (Å²) in [6.07, 6.45) is 1.58. The van der Waals surface area contributed by atoms with Crippen LogP contribution in [0.2, 0.25) is 5.28 Å². The summed E-state index contributed by atoms with van der Waals surface area (Å²) < 4.78 is 0. The quantitative estimate of drug-likeness (QED) is 0.418. The number of halogens is 2. The first-order valence-electron chi connectivity index (χ1n) is 2.60. The van der Waals surface area contributed by atoms with Gasteiger partial charge in [-0.3, -0.25) is 0 Å². The summed E-state index contributed by atoms with van der Waals surface area (Å²) in [7, 11) is 1.41. The molecule has 0 aliphatic rings. The fraction of sp³-hybridized carbons (Fsp3) is 0. The largest absolute Gasteiger partial charge is 0.226 e. The Hall–Kier alpha value is 0.01000. The van der Waals surface area contributed by atoms with E-state index in [4.69, 9.17) is 11.6 Å². The molecule has 0 amide bonds. The van der Waals surface area contributed by atoms with Crippen molar-refractivity contribution < 1.29 is 0 Å². The molecule has 0 radical (unpaired) electrons. The van der Waals surface area contributed by atoms with Crippen molar-refractivity contribution in [1.29, 1.82) is 0 Å². The van der Waals surface area contributed by atoms with Gasteiger partial charge in [-0.15, -0.1) is 0 Å². The molecule has 0 aliphatic heterocycles. The van der Waals surface area contributed by atoms with Gasteiger partial charge in [0.25, 0.3) is 0 Å². The summed E-state index contributed by atoms with van der Waals surface area (Å²) in [4.78, 5) is 7.60. The van der Waals surface area contributed by atoms with E-state index in [1.807, 2.05) is 0 Å². The highest BCUT2D eigenvalue weighted by Crippen LogP contribution is 2.07. The molecule has 0 spiro atoms. The monoisotopic (exact) mass is 296 g/mol. The van der Waals surface area contributed by atoms with Crippen LogP contribution >= 0.6 is 41.7 Å². The molecule has 11 heavy (non-hydrogen) atoms. The Labute approximate surface area is 85.7 Å². The van der Waals surface area contributed by atoms with Crippen molar-refractivity contribution in [2.75, 3.05) is 0 Å². The molecular formula is C6H2ClIN2S. The Morgan fingerprint density at radius 2 is 2.45 bits per heavy atom. The molecule has 0 bridgehead atoms. The van der Waals surface area contributed by atoms with Crippen LogP contribution in [0, 0.1) is 11.2 Å². The summed E-state index contributed by atoms with van der Waals surface area (Å²) in [6.45, 7) is 0. The highest BCUT2D eigenvalue weighted by atomic mass is 127. The van der Waals surface area contributed by atoms with Crippen LogP contribution in [0.4, 0.5) is 0 Å². The van der Waals surface area contributed by atoms with Gasteiger partial charge in [0.2, 0.25) is 5.28 Å². The minimum Gasteiger partial charge on any atom is -0.226 e. The second kappa shape index (κ2) is 4.80. The first-order chi connectivity index (χ1) is 5.33. The van der Waals surface area contributed by atoms with E-state index in [1.54, 1.807) is 12.3 Å². The molecule has 0 saturated carbocycles. The molecule has 1 aromatic rings. The lowest BCUT2D eigenvalue weighted by molar-refractivity contribution is 1.15. The lowest BCUT2D eigenvalue weighted by Crippen LogP contribution is -1.84. The maximum atomic E-state index is 5.53.